The molecule has 9 atom stereocenters. The van der Waals surface area contributed by atoms with Crippen LogP contribution in [0.2, 0.25) is 0 Å². The Morgan fingerprint density at radius 1 is 0.438 bits per heavy atom. The minimum Gasteiger partial charge on any atom is -0.368 e. The third kappa shape index (κ3) is 57.5. The number of nitrogens with one attached hydrogen (secondary N) is 6. The molecule has 2 aromatic rings. The van der Waals surface area contributed by atoms with E-state index in [-0.39, 0.29) is 68.7 Å². The summed E-state index contributed by atoms with van der Waals surface area (Å²) in [6.45, 7) is 82.0. The van der Waals surface area contributed by atoms with E-state index in [1.165, 1.54) is 169 Å². The molecule has 8 N–H and O–H groups in total. The number of nitrogens with two attached hydrogens (primary N) is 1. The Kier molecular flexibility index (Phi) is 119. The largest absolute Gasteiger partial charge is 0.368 e. The van der Waals surface area contributed by atoms with E-state index in [0.717, 1.165) is 6.42 Å². The minimum atomic E-state index is -0.146. The summed E-state index contributed by atoms with van der Waals surface area (Å²) in [7, 11) is 5.34. The van der Waals surface area contributed by atoms with Gasteiger partial charge in [-0.25, -0.2) is 0 Å². The molecule has 0 aromatic carbocycles. The Balaban J connectivity index is -0.0000000921. The standard InChI is InChI=1S/2C25H44N2O.C8H15NO.C7H14NO2P.12C2H6.CH5N.2Fe/c2*1-8-17(3)19(5)25(7,18(4)9-2)23-15-22(20(6)27-23)16-26-24(28)14-21-12-10-11-13-21;1-9-8(10)6-7-4-2-3-5-7;9-7(10-8-11)5-6-3-1-2-4-6;13*1-2;;/h2*15,17-19,21,27H,8-14,16H2,1-7H3,(H,26,28);7H,2-6H2,1H3,(H,9,10);6,8H,1-5,11H2;12*1-2H3;2H2,1H3;;. The number of aryl methyl sites for hydroxylation is 2. The topological polar surface area (TPSA) is 183 Å². The van der Waals surface area contributed by atoms with Crippen molar-refractivity contribution in [3.8, 4) is 0 Å². The first-order valence-electron chi connectivity index (χ1n) is 44.0. The van der Waals surface area contributed by atoms with Crippen LogP contribution in [-0.2, 0) is 82.1 Å². The van der Waals surface area contributed by atoms with E-state index >= 15 is 0 Å². The maximum absolute atomic E-state index is 12.4. The second-order valence-electron chi connectivity index (χ2n) is 25.4. The molecule has 6 rings (SSSR count). The number of hydrogen-bond donors (Lipinski definition) is 7. The molecule has 105 heavy (non-hydrogen) atoms. The van der Waals surface area contributed by atoms with E-state index in [1.54, 1.807) is 7.05 Å². The molecule has 4 saturated carbocycles. The molecule has 12 nitrogen and oxygen atoms in total. The van der Waals surface area contributed by atoms with Crippen LogP contribution in [0, 0.1) is 73.0 Å². The molecule has 4 aliphatic carbocycles. The van der Waals surface area contributed by atoms with E-state index < -0.39 is 0 Å². The molecule has 0 saturated heterocycles. The minimum absolute atomic E-state index is 0. The SMILES string of the molecule is CC.CC.CC.CC.CC.CC.CC.CC.CC.CC.CC.CC.CCC(C)C(C)C(C)(c1cc(CNC(=O)CC2CCCC2)c(C)[nH]1)C(C)CC.CCC(C)C(C)C(C)(c1cc(CNC(=O)CC2CCCC2)c(C)[nH]1)C(C)CC.CN.CNC(=O)CC1CCCC1.O=C(CC1CCCC1)ONP.[Fe].[Fe]. The van der Waals surface area contributed by atoms with Crippen molar-refractivity contribution in [3.05, 3.63) is 46.0 Å². The van der Waals surface area contributed by atoms with Crippen LogP contribution in [0.25, 0.3) is 0 Å². The molecule has 0 aliphatic heterocycles. The number of carbonyl (C=O) groups is 4. The molecule has 2 aromatic heterocycles. The summed E-state index contributed by atoms with van der Waals surface area (Å²) >= 11 is 0. The average Bonchev–Trinajstić information content (AvgIpc) is 1.73. The van der Waals surface area contributed by atoms with E-state index in [4.69, 9.17) is 0 Å². The molecule has 2 heterocycles. The van der Waals surface area contributed by atoms with Gasteiger partial charge in [-0.05, 0) is 164 Å². The molecule has 3 amide bonds. The van der Waals surface area contributed by atoms with Crippen molar-refractivity contribution in [2.24, 2.45) is 64.9 Å². The predicted molar refractivity (Wildman–Crippen MR) is 471 cm³/mol. The Labute approximate surface area is 684 Å². The molecule has 4 fully saturated rings. The van der Waals surface area contributed by atoms with E-state index in [2.05, 4.69) is 160 Å². The van der Waals surface area contributed by atoms with Gasteiger partial charge in [-0.1, -0.05) is 326 Å². The van der Waals surface area contributed by atoms with Gasteiger partial charge in [-0.3, -0.25) is 19.2 Å². The number of amides is 3. The normalized spacial score (nSPS) is 15.5. The smallest absolute Gasteiger partial charge is 0.325 e. The molecule has 640 valence electrons. The van der Waals surface area contributed by atoms with Crippen LogP contribution in [0.4, 0.5) is 0 Å². The number of H-pyrrole nitrogens is 2. The number of carbonyl (C=O) groups excluding carboxylic acids is 4. The molecular weight excluding hydrogens is 1400 g/mol. The Bertz CT molecular complexity index is 1920. The van der Waals surface area contributed by atoms with Crippen molar-refractivity contribution in [3.63, 3.8) is 0 Å². The summed E-state index contributed by atoms with van der Waals surface area (Å²) in [5.74, 6) is 6.68. The molecule has 0 spiro atoms. The second-order valence-corrected chi connectivity index (χ2v) is 25.7. The van der Waals surface area contributed by atoms with Crippen LogP contribution in [0.5, 0.6) is 0 Å². The van der Waals surface area contributed by atoms with Gasteiger partial charge in [0, 0.05) is 107 Å². The van der Waals surface area contributed by atoms with Crippen molar-refractivity contribution in [1.29, 1.82) is 0 Å². The Morgan fingerprint density at radius 2 is 0.667 bits per heavy atom. The van der Waals surface area contributed by atoms with Gasteiger partial charge in [-0.15, -0.1) is 5.25 Å². The van der Waals surface area contributed by atoms with E-state index in [0.29, 0.717) is 91.5 Å². The number of aromatic nitrogens is 2. The quantitative estimate of drug-likeness (QED) is 0.0293. The first-order chi connectivity index (χ1) is 49.6. The van der Waals surface area contributed by atoms with Crippen molar-refractivity contribution in [2.75, 3.05) is 14.1 Å². The maximum Gasteiger partial charge on any atom is 0.325 e. The molecule has 9 unspecified atom stereocenters. The summed E-state index contributed by atoms with van der Waals surface area (Å²) in [6.07, 6.45) is 27.6. The van der Waals surface area contributed by atoms with Crippen molar-refractivity contribution in [1.82, 2.24) is 31.2 Å². The number of rotatable bonds is 25. The van der Waals surface area contributed by atoms with Gasteiger partial charge in [0.1, 0.15) is 0 Å². The summed E-state index contributed by atoms with van der Waals surface area (Å²) < 4.78 is 0. The van der Waals surface area contributed by atoms with Crippen molar-refractivity contribution >= 4 is 33.1 Å². The number of hydrogen-bond acceptors (Lipinski definition) is 7. The third-order valence-electron chi connectivity index (χ3n) is 20.7. The Morgan fingerprint density at radius 3 is 0.876 bits per heavy atom. The van der Waals surface area contributed by atoms with Gasteiger partial charge < -0.3 is 36.5 Å². The predicted octanol–water partition coefficient (Wildman–Crippen LogP) is 27.6. The van der Waals surface area contributed by atoms with Gasteiger partial charge in [0.2, 0.25) is 17.7 Å². The maximum atomic E-state index is 12.4. The average molecular weight is 1600 g/mol. The fourth-order valence-corrected chi connectivity index (χ4v) is 13.6. The van der Waals surface area contributed by atoms with Gasteiger partial charge in [-0.2, -0.15) is 0 Å². The third-order valence-corrected chi connectivity index (χ3v) is 20.9. The molecule has 4 aliphatic rings. The van der Waals surface area contributed by atoms with Crippen LogP contribution >= 0.6 is 9.39 Å². The van der Waals surface area contributed by atoms with Gasteiger partial charge >= 0.3 is 5.97 Å². The summed E-state index contributed by atoms with van der Waals surface area (Å²) in [4.78, 5) is 58.5. The number of aromatic amines is 2. The fraction of sp³-hybridized carbons (Fsp3) is 0.867. The second kappa shape index (κ2) is 94.2. The summed E-state index contributed by atoms with van der Waals surface area (Å²) in [5.41, 5.74) is 12.3. The van der Waals surface area contributed by atoms with Crippen LogP contribution in [-0.4, -0.2) is 47.8 Å². The van der Waals surface area contributed by atoms with Crippen molar-refractivity contribution < 1.29 is 58.2 Å². The van der Waals surface area contributed by atoms with Crippen LogP contribution in [0.3, 0.4) is 0 Å². The molecule has 0 radical (unpaired) electrons. The van der Waals surface area contributed by atoms with Crippen molar-refractivity contribution in [2.45, 2.75) is 441 Å². The van der Waals surface area contributed by atoms with Gasteiger partial charge in [0.05, 0.1) is 6.42 Å². The van der Waals surface area contributed by atoms with E-state index in [9.17, 15) is 19.2 Å². The van der Waals surface area contributed by atoms with E-state index in [1.807, 2.05) is 166 Å². The van der Waals surface area contributed by atoms with Crippen LogP contribution in [0.1, 0.15) is 437 Å². The zero-order valence-electron chi connectivity index (χ0n) is 78.2. The first-order valence-corrected chi connectivity index (χ1v) is 44.5. The van der Waals surface area contributed by atoms with Crippen LogP contribution < -0.4 is 26.9 Å². The van der Waals surface area contributed by atoms with Gasteiger partial charge in [0.15, 0.2) is 0 Å². The first kappa shape index (κ1) is 132. The summed E-state index contributed by atoms with van der Waals surface area (Å²) in [6, 6.07) is 4.66. The molecule has 15 heteroatoms. The zero-order chi connectivity index (χ0) is 83.3. The molecule has 0 bridgehead atoms. The summed E-state index contributed by atoms with van der Waals surface area (Å²) in [5, 5.41) is 11.3. The fourth-order valence-electron chi connectivity index (χ4n) is 13.4. The zero-order valence-corrected chi connectivity index (χ0v) is 81.6. The molecular formula is C90H194Fe2N7O5P. The van der Waals surface area contributed by atoms with Crippen LogP contribution in [0.15, 0.2) is 12.1 Å². The van der Waals surface area contributed by atoms with Gasteiger partial charge in [0.25, 0.3) is 0 Å². The Hall–Kier alpha value is -2.17. The monoisotopic (exact) mass is 1600 g/mol.